The number of likely N-dealkylation sites (N-methyl/N-ethyl adjacent to an activating group) is 1. The van der Waals surface area contributed by atoms with Gasteiger partial charge in [0, 0.05) is 37.7 Å². The maximum Gasteiger partial charge on any atom is 0.293 e. The number of amides is 1. The van der Waals surface area contributed by atoms with Gasteiger partial charge in [0.1, 0.15) is 6.61 Å². The Morgan fingerprint density at radius 1 is 1.21 bits per heavy atom. The van der Waals surface area contributed by atoms with Crippen LogP contribution in [0.5, 0.6) is 11.5 Å². The molecule has 1 amide bonds. The topological polar surface area (TPSA) is 162 Å². The standard InChI is InChI=1S/C26H28BrClN10O4/c1-36-7-9-37(10-8-36)14-20-22(31-35-38(20)25-24(29)33-42-34-25)26(39)32-30-13-17-11-19(27)23(21(12-17)40-2)41-15-16-3-5-18(28)6-4-16/h3-6,11-13H,7-10,14-15H2,1-2H3,(H2,29,33)(H,32,39)/b30-13+. The van der Waals surface area contributed by atoms with Crippen molar-refractivity contribution >= 4 is 45.5 Å². The number of halogens is 2. The molecule has 0 atom stereocenters. The predicted molar refractivity (Wildman–Crippen MR) is 158 cm³/mol. The molecule has 3 heterocycles. The third-order valence-electron chi connectivity index (χ3n) is 6.57. The lowest BCUT2D eigenvalue weighted by atomic mass is 10.2. The van der Waals surface area contributed by atoms with Gasteiger partial charge in [0.2, 0.25) is 11.6 Å². The maximum absolute atomic E-state index is 13.2. The summed E-state index contributed by atoms with van der Waals surface area (Å²) < 4.78 is 18.3. The highest BCUT2D eigenvalue weighted by Crippen LogP contribution is 2.37. The van der Waals surface area contributed by atoms with Gasteiger partial charge in [-0.25, -0.2) is 10.1 Å². The lowest BCUT2D eigenvalue weighted by Crippen LogP contribution is -2.44. The average molecular weight is 660 g/mol. The fourth-order valence-corrected chi connectivity index (χ4v) is 4.95. The van der Waals surface area contributed by atoms with E-state index in [1.54, 1.807) is 31.4 Å². The number of methoxy groups -OCH3 is 1. The zero-order chi connectivity index (χ0) is 29.6. The van der Waals surface area contributed by atoms with Gasteiger partial charge in [-0.3, -0.25) is 9.69 Å². The largest absolute Gasteiger partial charge is 0.493 e. The fourth-order valence-electron chi connectivity index (χ4n) is 4.25. The van der Waals surface area contributed by atoms with E-state index in [-0.39, 0.29) is 17.3 Å². The SMILES string of the molecule is COc1cc(/C=N/NC(=O)c2nnn(-c3nonc3N)c2CN2CCN(C)CC2)cc(Br)c1OCc1ccc(Cl)cc1. The number of nitrogens with zero attached hydrogens (tertiary/aromatic N) is 8. The van der Waals surface area contributed by atoms with E-state index < -0.39 is 5.91 Å². The Kier molecular flexibility index (Phi) is 9.31. The predicted octanol–water partition coefficient (Wildman–Crippen LogP) is 2.75. The number of hydrazone groups is 1. The van der Waals surface area contributed by atoms with Crippen molar-refractivity contribution in [2.75, 3.05) is 46.1 Å². The number of carbonyl (C=O) groups is 1. The summed E-state index contributed by atoms with van der Waals surface area (Å²) in [6.45, 7) is 4.12. The minimum absolute atomic E-state index is 0.0321. The first-order chi connectivity index (χ1) is 20.3. The number of benzene rings is 2. The minimum atomic E-state index is -0.550. The van der Waals surface area contributed by atoms with Crippen molar-refractivity contribution in [1.29, 1.82) is 0 Å². The second-order valence-corrected chi connectivity index (χ2v) is 10.8. The van der Waals surface area contributed by atoms with Gasteiger partial charge in [-0.05, 0) is 68.7 Å². The molecule has 0 bridgehead atoms. The molecule has 16 heteroatoms. The van der Waals surface area contributed by atoms with Crippen LogP contribution in [0, 0.1) is 0 Å². The van der Waals surface area contributed by atoms with Gasteiger partial charge < -0.3 is 20.1 Å². The molecule has 4 aromatic rings. The van der Waals surface area contributed by atoms with Crippen molar-refractivity contribution in [2.45, 2.75) is 13.2 Å². The van der Waals surface area contributed by atoms with Gasteiger partial charge in [-0.15, -0.1) is 5.10 Å². The molecular weight excluding hydrogens is 632 g/mol. The van der Waals surface area contributed by atoms with E-state index in [0.717, 1.165) is 31.7 Å². The van der Waals surface area contributed by atoms with Crippen LogP contribution in [0.3, 0.4) is 0 Å². The molecule has 1 aliphatic rings. The number of aromatic nitrogens is 5. The Hall–Kier alpha value is -4.05. The monoisotopic (exact) mass is 658 g/mol. The molecule has 0 radical (unpaired) electrons. The third kappa shape index (κ3) is 6.87. The van der Waals surface area contributed by atoms with E-state index in [2.05, 4.69) is 63.9 Å². The van der Waals surface area contributed by atoms with Crippen molar-refractivity contribution in [1.82, 2.24) is 40.5 Å². The van der Waals surface area contributed by atoms with Crippen LogP contribution in [0.2, 0.25) is 5.02 Å². The Morgan fingerprint density at radius 3 is 2.67 bits per heavy atom. The summed E-state index contributed by atoms with van der Waals surface area (Å²) in [6.07, 6.45) is 1.48. The highest BCUT2D eigenvalue weighted by Gasteiger charge is 2.26. The van der Waals surface area contributed by atoms with Gasteiger partial charge in [-0.2, -0.15) is 9.78 Å². The molecule has 0 unspecified atom stereocenters. The summed E-state index contributed by atoms with van der Waals surface area (Å²) in [6, 6.07) is 10.9. The number of nitrogen functional groups attached to an aromatic ring is 1. The van der Waals surface area contributed by atoms with Gasteiger partial charge in [0.15, 0.2) is 17.2 Å². The normalized spacial score (nSPS) is 14.4. The van der Waals surface area contributed by atoms with E-state index >= 15 is 0 Å². The summed E-state index contributed by atoms with van der Waals surface area (Å²) in [5.41, 5.74) is 10.6. The molecule has 3 N–H and O–H groups in total. The van der Waals surface area contributed by atoms with E-state index in [1.165, 1.54) is 10.9 Å². The Labute approximate surface area is 254 Å². The summed E-state index contributed by atoms with van der Waals surface area (Å²) in [4.78, 5) is 17.6. The average Bonchev–Trinajstić information content (AvgIpc) is 3.59. The van der Waals surface area contributed by atoms with Crippen molar-refractivity contribution in [3.05, 3.63) is 68.4 Å². The number of rotatable bonds is 10. The maximum atomic E-state index is 13.2. The molecule has 1 saturated heterocycles. The lowest BCUT2D eigenvalue weighted by Gasteiger charge is -2.32. The summed E-state index contributed by atoms with van der Waals surface area (Å²) >= 11 is 9.50. The van der Waals surface area contributed by atoms with Crippen LogP contribution >= 0.6 is 27.5 Å². The third-order valence-corrected chi connectivity index (χ3v) is 7.41. The summed E-state index contributed by atoms with van der Waals surface area (Å²) in [5, 5.41) is 20.4. The number of hydrogen-bond acceptors (Lipinski definition) is 12. The number of carbonyl (C=O) groups excluding carboxylic acids is 1. The number of piperazine rings is 1. The number of ether oxygens (including phenoxy) is 2. The molecule has 1 fully saturated rings. The zero-order valence-electron chi connectivity index (χ0n) is 22.8. The first-order valence-corrected chi connectivity index (χ1v) is 14.0. The fraction of sp³-hybridized carbons (Fsp3) is 0.308. The second kappa shape index (κ2) is 13.3. The van der Waals surface area contributed by atoms with Gasteiger partial charge in [0.05, 0.1) is 23.5 Å². The minimum Gasteiger partial charge on any atom is -0.493 e. The highest BCUT2D eigenvalue weighted by molar-refractivity contribution is 9.10. The van der Waals surface area contributed by atoms with Crippen LogP contribution in [0.1, 0.15) is 27.3 Å². The van der Waals surface area contributed by atoms with Crippen LogP contribution in [0.15, 0.2) is 50.6 Å². The number of hydrogen-bond donors (Lipinski definition) is 2. The first-order valence-electron chi connectivity index (χ1n) is 12.8. The van der Waals surface area contributed by atoms with E-state index in [0.29, 0.717) is 45.4 Å². The number of nitrogens with two attached hydrogens (primary N) is 1. The van der Waals surface area contributed by atoms with Crippen LogP contribution in [0.4, 0.5) is 5.82 Å². The van der Waals surface area contributed by atoms with Crippen molar-refractivity contribution in [3.8, 4) is 17.3 Å². The van der Waals surface area contributed by atoms with E-state index in [4.69, 9.17) is 31.4 Å². The smallest absolute Gasteiger partial charge is 0.293 e. The second-order valence-electron chi connectivity index (χ2n) is 9.50. The molecule has 2 aromatic carbocycles. The van der Waals surface area contributed by atoms with Crippen LogP contribution in [-0.4, -0.2) is 87.6 Å². The van der Waals surface area contributed by atoms with Crippen LogP contribution < -0.4 is 20.6 Å². The van der Waals surface area contributed by atoms with Crippen molar-refractivity contribution in [3.63, 3.8) is 0 Å². The molecule has 14 nitrogen and oxygen atoms in total. The molecule has 0 saturated carbocycles. The van der Waals surface area contributed by atoms with Gasteiger partial charge in [-0.1, -0.05) is 28.9 Å². The lowest BCUT2D eigenvalue weighted by molar-refractivity contribution is 0.0946. The molecule has 2 aromatic heterocycles. The van der Waals surface area contributed by atoms with Crippen LogP contribution in [0.25, 0.3) is 5.82 Å². The van der Waals surface area contributed by atoms with E-state index in [1.807, 2.05) is 12.1 Å². The summed E-state index contributed by atoms with van der Waals surface area (Å²) in [7, 11) is 3.61. The zero-order valence-corrected chi connectivity index (χ0v) is 25.2. The van der Waals surface area contributed by atoms with Crippen molar-refractivity contribution in [2.24, 2.45) is 5.10 Å². The van der Waals surface area contributed by atoms with E-state index in [9.17, 15) is 4.79 Å². The molecule has 0 spiro atoms. The highest BCUT2D eigenvalue weighted by atomic mass is 79.9. The first kappa shape index (κ1) is 29.4. The molecule has 0 aliphatic carbocycles. The van der Waals surface area contributed by atoms with Crippen molar-refractivity contribution < 1.29 is 18.9 Å². The quantitative estimate of drug-likeness (QED) is 0.190. The summed E-state index contributed by atoms with van der Waals surface area (Å²) in [5.74, 6) is 0.655. The Morgan fingerprint density at radius 2 is 1.98 bits per heavy atom. The molecule has 42 heavy (non-hydrogen) atoms. The van der Waals surface area contributed by atoms with Crippen LogP contribution in [-0.2, 0) is 13.2 Å². The number of nitrogens with one attached hydrogen (secondary N) is 1. The molecule has 5 rings (SSSR count). The molecule has 220 valence electrons. The Bertz CT molecular complexity index is 1570. The number of anilines is 1. The van der Waals surface area contributed by atoms with Gasteiger partial charge >= 0.3 is 0 Å². The van der Waals surface area contributed by atoms with Gasteiger partial charge in [0.25, 0.3) is 5.91 Å². The Balaban J connectivity index is 1.30. The molecule has 1 aliphatic heterocycles. The molecular formula is C26H28BrClN10O4.